The Bertz CT molecular complexity index is 1060. The Morgan fingerprint density at radius 3 is 2.88 bits per heavy atom. The van der Waals surface area contributed by atoms with Gasteiger partial charge in [-0.15, -0.1) is 0 Å². The largest absolute Gasteiger partial charge is 0.497 e. The average Bonchev–Trinajstić information content (AvgIpc) is 3.55. The summed E-state index contributed by atoms with van der Waals surface area (Å²) in [6.45, 7) is 4.64. The third-order valence-corrected chi connectivity index (χ3v) is 8.23. The van der Waals surface area contributed by atoms with Gasteiger partial charge in [-0.05, 0) is 87.7 Å². The van der Waals surface area contributed by atoms with Gasteiger partial charge in [0.05, 0.1) is 19.0 Å². The number of aliphatic hydroxyl groups is 1. The zero-order valence-corrected chi connectivity index (χ0v) is 20.3. The average molecular weight is 465 g/mol. The van der Waals surface area contributed by atoms with Gasteiger partial charge >= 0.3 is 0 Å². The Kier molecular flexibility index (Phi) is 6.30. The molecule has 1 aliphatic heterocycles. The number of nitrogens with zero attached hydrogens (tertiary/aromatic N) is 1. The van der Waals surface area contributed by atoms with E-state index in [1.165, 1.54) is 12.8 Å². The Morgan fingerprint density at radius 2 is 2.15 bits per heavy atom. The number of hydrogen-bond donors (Lipinski definition) is 2. The van der Waals surface area contributed by atoms with Crippen molar-refractivity contribution in [1.29, 1.82) is 0 Å². The molecule has 2 aliphatic carbocycles. The number of carbonyl (C=O) groups is 1. The SMILES string of the molecule is COc1cccc([C@@]23CCN(CC4CC4)C[C@@]2(O)CC[C@H](NC(=O)/C=C/c2ccoc2C)C3)c1. The second-order valence-corrected chi connectivity index (χ2v) is 10.5. The summed E-state index contributed by atoms with van der Waals surface area (Å²) in [5, 5.41) is 15.4. The molecule has 1 aromatic carbocycles. The van der Waals surface area contributed by atoms with Gasteiger partial charge in [0.25, 0.3) is 0 Å². The summed E-state index contributed by atoms with van der Waals surface area (Å²) < 4.78 is 10.8. The summed E-state index contributed by atoms with van der Waals surface area (Å²) in [4.78, 5) is 15.2. The number of hydrogen-bond acceptors (Lipinski definition) is 5. The van der Waals surface area contributed by atoms with Crippen molar-refractivity contribution in [2.24, 2.45) is 5.92 Å². The van der Waals surface area contributed by atoms with Crippen LogP contribution in [0.3, 0.4) is 0 Å². The van der Waals surface area contributed by atoms with Crippen molar-refractivity contribution in [1.82, 2.24) is 10.2 Å². The van der Waals surface area contributed by atoms with E-state index in [1.807, 2.05) is 25.1 Å². The lowest BCUT2D eigenvalue weighted by molar-refractivity contribution is -0.132. The third-order valence-electron chi connectivity index (χ3n) is 8.23. The first-order chi connectivity index (χ1) is 16.4. The Balaban J connectivity index is 1.37. The lowest BCUT2D eigenvalue weighted by Crippen LogP contribution is -2.67. The topological polar surface area (TPSA) is 74.9 Å². The molecule has 0 unspecified atom stereocenters. The van der Waals surface area contributed by atoms with Crippen LogP contribution >= 0.6 is 0 Å². The molecule has 1 amide bonds. The van der Waals surface area contributed by atoms with Crippen molar-refractivity contribution in [2.75, 3.05) is 26.7 Å². The Morgan fingerprint density at radius 1 is 1.29 bits per heavy atom. The van der Waals surface area contributed by atoms with E-state index in [4.69, 9.17) is 9.15 Å². The highest BCUT2D eigenvalue weighted by molar-refractivity contribution is 5.92. The zero-order chi connectivity index (χ0) is 23.8. The molecule has 3 atom stereocenters. The number of benzene rings is 1. The fourth-order valence-corrected chi connectivity index (χ4v) is 6.11. The number of aryl methyl sites for hydroxylation is 1. The second-order valence-electron chi connectivity index (χ2n) is 10.5. The molecule has 6 nitrogen and oxygen atoms in total. The molecule has 0 spiro atoms. The minimum Gasteiger partial charge on any atom is -0.497 e. The fourth-order valence-electron chi connectivity index (χ4n) is 6.11. The van der Waals surface area contributed by atoms with Gasteiger partial charge < -0.3 is 24.5 Å². The number of likely N-dealkylation sites (tertiary alicyclic amines) is 1. The van der Waals surface area contributed by atoms with Crippen LogP contribution in [0.2, 0.25) is 0 Å². The number of fused-ring (bicyclic) bond motifs is 1. The van der Waals surface area contributed by atoms with Gasteiger partial charge in [0.15, 0.2) is 0 Å². The summed E-state index contributed by atoms with van der Waals surface area (Å²) in [7, 11) is 1.68. The van der Waals surface area contributed by atoms with Gasteiger partial charge in [-0.2, -0.15) is 0 Å². The molecule has 1 saturated heterocycles. The number of rotatable bonds is 7. The quantitative estimate of drug-likeness (QED) is 0.605. The number of β-amino-alcohol motifs (C(OH)–C–C–N with tert-alkyl or cyclic N) is 1. The number of methoxy groups -OCH3 is 1. The first-order valence-electron chi connectivity index (χ1n) is 12.5. The van der Waals surface area contributed by atoms with Crippen LogP contribution in [-0.2, 0) is 10.2 Å². The van der Waals surface area contributed by atoms with Crippen LogP contribution in [0.15, 0.2) is 47.1 Å². The molecule has 182 valence electrons. The predicted octanol–water partition coefficient (Wildman–Crippen LogP) is 4.06. The summed E-state index contributed by atoms with van der Waals surface area (Å²) >= 11 is 0. The molecule has 2 saturated carbocycles. The summed E-state index contributed by atoms with van der Waals surface area (Å²) in [5.41, 5.74) is 0.785. The van der Waals surface area contributed by atoms with Gasteiger partial charge in [-0.1, -0.05) is 12.1 Å². The molecule has 2 heterocycles. The molecule has 3 aliphatic rings. The Hall–Kier alpha value is -2.57. The molecule has 5 rings (SSSR count). The maximum Gasteiger partial charge on any atom is 0.244 e. The van der Waals surface area contributed by atoms with Crippen molar-refractivity contribution in [3.63, 3.8) is 0 Å². The molecule has 0 bridgehead atoms. The van der Waals surface area contributed by atoms with E-state index in [0.29, 0.717) is 13.0 Å². The number of nitrogens with one attached hydrogen (secondary N) is 1. The predicted molar refractivity (Wildman–Crippen MR) is 132 cm³/mol. The standard InChI is InChI=1S/C28H36N2O4/c1-20-22(11-15-34-20)8-9-26(31)29-24-10-12-28(32)19-30(18-21-6-7-21)14-13-27(28,17-24)23-4-3-5-25(16-23)33-2/h3-5,8-9,11,15-16,21,24,32H,6-7,10,12-14,17-19H2,1-2H3,(H,29,31)/b9-8+/t24-,27-,28-/m0/s1. The molecule has 6 heteroatoms. The molecule has 2 N–H and O–H groups in total. The van der Waals surface area contributed by atoms with Gasteiger partial charge in [-0.25, -0.2) is 0 Å². The first-order valence-corrected chi connectivity index (χ1v) is 12.5. The molecule has 0 radical (unpaired) electrons. The highest BCUT2D eigenvalue weighted by atomic mass is 16.5. The molecule has 2 aromatic rings. The number of piperidine rings is 1. The lowest BCUT2D eigenvalue weighted by Gasteiger charge is -2.58. The highest BCUT2D eigenvalue weighted by Crippen LogP contribution is 2.52. The zero-order valence-electron chi connectivity index (χ0n) is 20.3. The maximum atomic E-state index is 12.8. The van der Waals surface area contributed by atoms with Crippen LogP contribution in [0.25, 0.3) is 6.08 Å². The van der Waals surface area contributed by atoms with Crippen LogP contribution in [0.5, 0.6) is 5.75 Å². The van der Waals surface area contributed by atoms with Gasteiger partial charge in [0.1, 0.15) is 11.5 Å². The van der Waals surface area contributed by atoms with Gasteiger partial charge in [0.2, 0.25) is 5.91 Å². The number of ether oxygens (including phenoxy) is 1. The molecule has 1 aromatic heterocycles. The van der Waals surface area contributed by atoms with Gasteiger partial charge in [-0.3, -0.25) is 4.79 Å². The van der Waals surface area contributed by atoms with Crippen LogP contribution in [0.1, 0.15) is 55.4 Å². The monoisotopic (exact) mass is 464 g/mol. The minimum atomic E-state index is -0.822. The number of carbonyl (C=O) groups excluding carboxylic acids is 1. The Labute approximate surface area is 202 Å². The number of furan rings is 1. The van der Waals surface area contributed by atoms with Crippen molar-refractivity contribution in [2.45, 2.75) is 62.5 Å². The van der Waals surface area contributed by atoms with E-state index < -0.39 is 11.0 Å². The van der Waals surface area contributed by atoms with Crippen LogP contribution in [0.4, 0.5) is 0 Å². The van der Waals surface area contributed by atoms with E-state index in [1.54, 1.807) is 25.5 Å². The van der Waals surface area contributed by atoms with Crippen molar-refractivity contribution >= 4 is 12.0 Å². The van der Waals surface area contributed by atoms with E-state index in [0.717, 1.165) is 60.9 Å². The molecular weight excluding hydrogens is 428 g/mol. The van der Waals surface area contributed by atoms with E-state index in [-0.39, 0.29) is 11.9 Å². The first kappa shape index (κ1) is 23.2. The normalized spacial score (nSPS) is 29.7. The number of amides is 1. The van der Waals surface area contributed by atoms with Crippen LogP contribution in [0, 0.1) is 12.8 Å². The van der Waals surface area contributed by atoms with E-state index in [2.05, 4.69) is 22.3 Å². The van der Waals surface area contributed by atoms with Crippen molar-refractivity contribution in [3.8, 4) is 5.75 Å². The van der Waals surface area contributed by atoms with Gasteiger partial charge in [0, 0.05) is 36.2 Å². The molecule has 34 heavy (non-hydrogen) atoms. The summed E-state index contributed by atoms with van der Waals surface area (Å²) in [6, 6.07) is 10.0. The van der Waals surface area contributed by atoms with E-state index in [9.17, 15) is 9.90 Å². The third kappa shape index (κ3) is 4.53. The maximum absolute atomic E-state index is 12.8. The van der Waals surface area contributed by atoms with Crippen LogP contribution in [-0.4, -0.2) is 54.3 Å². The summed E-state index contributed by atoms with van der Waals surface area (Å²) in [6.07, 6.45) is 10.7. The van der Waals surface area contributed by atoms with E-state index >= 15 is 0 Å². The highest BCUT2D eigenvalue weighted by Gasteiger charge is 2.57. The second kappa shape index (κ2) is 9.23. The molecular formula is C28H36N2O4. The van der Waals surface area contributed by atoms with Crippen molar-refractivity contribution < 1.29 is 19.1 Å². The molecule has 3 fully saturated rings. The fraction of sp³-hybridized carbons (Fsp3) is 0.536. The van der Waals surface area contributed by atoms with Crippen molar-refractivity contribution in [3.05, 3.63) is 59.6 Å². The smallest absolute Gasteiger partial charge is 0.244 e. The summed E-state index contributed by atoms with van der Waals surface area (Å²) in [5.74, 6) is 2.29. The minimum absolute atomic E-state index is 0.00375. The van der Waals surface area contributed by atoms with Crippen LogP contribution < -0.4 is 10.1 Å². The lowest BCUT2D eigenvalue weighted by atomic mass is 9.55.